The van der Waals surface area contributed by atoms with Gasteiger partial charge >= 0.3 is 0 Å². The van der Waals surface area contributed by atoms with Crippen LogP contribution in [0.4, 0.5) is 0 Å². The van der Waals surface area contributed by atoms with E-state index in [1.54, 1.807) is 7.11 Å². The number of hydrogen-bond donors (Lipinski definition) is 1. The van der Waals surface area contributed by atoms with Crippen molar-refractivity contribution in [1.29, 1.82) is 0 Å². The topological polar surface area (TPSA) is 38.5 Å². The normalized spacial score (nSPS) is 24.6. The van der Waals surface area contributed by atoms with Crippen LogP contribution in [0.3, 0.4) is 0 Å². The van der Waals surface area contributed by atoms with Crippen molar-refractivity contribution in [3.8, 4) is 0 Å². The van der Waals surface area contributed by atoms with Crippen molar-refractivity contribution in [2.75, 3.05) is 26.8 Å². The lowest BCUT2D eigenvalue weighted by Gasteiger charge is -2.36. The molecule has 96 valence electrons. The summed E-state index contributed by atoms with van der Waals surface area (Å²) in [5.41, 5.74) is 6.17. The zero-order chi connectivity index (χ0) is 11.8. The molecule has 0 aliphatic carbocycles. The summed E-state index contributed by atoms with van der Waals surface area (Å²) in [6, 6.07) is 1.10. The Morgan fingerprint density at radius 3 is 2.94 bits per heavy atom. The smallest absolute Gasteiger partial charge is 0.0462 e. The number of methoxy groups -OCH3 is 1. The minimum absolute atomic E-state index is 0.322. The quantitative estimate of drug-likeness (QED) is 0.677. The summed E-state index contributed by atoms with van der Waals surface area (Å²) in [5, 5.41) is 0. The van der Waals surface area contributed by atoms with Gasteiger partial charge in [-0.2, -0.15) is 0 Å². The third-order valence-corrected chi connectivity index (χ3v) is 3.61. The van der Waals surface area contributed by atoms with Gasteiger partial charge in [0.15, 0.2) is 0 Å². The molecular weight excluding hydrogens is 200 g/mol. The highest BCUT2D eigenvalue weighted by Gasteiger charge is 2.21. The highest BCUT2D eigenvalue weighted by molar-refractivity contribution is 4.79. The number of nitrogens with two attached hydrogens (primary N) is 1. The van der Waals surface area contributed by atoms with Crippen molar-refractivity contribution in [2.45, 2.75) is 57.5 Å². The molecule has 0 aromatic rings. The lowest BCUT2D eigenvalue weighted by molar-refractivity contribution is 0.130. The Hall–Kier alpha value is -0.120. The molecule has 0 bridgehead atoms. The SMILES string of the molecule is CCC1CCCCN1CC(N)CCCOC. The maximum Gasteiger partial charge on any atom is 0.0462 e. The largest absolute Gasteiger partial charge is 0.385 e. The molecule has 1 aliphatic heterocycles. The maximum absolute atomic E-state index is 6.17. The molecule has 1 heterocycles. The molecule has 0 spiro atoms. The number of hydrogen-bond acceptors (Lipinski definition) is 3. The van der Waals surface area contributed by atoms with Crippen LogP contribution in [0.1, 0.15) is 45.4 Å². The van der Waals surface area contributed by atoms with Crippen LogP contribution in [0.2, 0.25) is 0 Å². The van der Waals surface area contributed by atoms with Gasteiger partial charge in [-0.3, -0.25) is 4.90 Å². The van der Waals surface area contributed by atoms with Crippen LogP contribution < -0.4 is 5.73 Å². The number of piperidine rings is 1. The molecule has 0 radical (unpaired) electrons. The molecule has 0 amide bonds. The number of ether oxygens (including phenoxy) is 1. The Morgan fingerprint density at radius 1 is 1.44 bits per heavy atom. The molecule has 1 saturated heterocycles. The fourth-order valence-corrected chi connectivity index (χ4v) is 2.65. The van der Waals surface area contributed by atoms with E-state index in [0.29, 0.717) is 6.04 Å². The number of likely N-dealkylation sites (tertiary alicyclic amines) is 1. The molecule has 2 atom stereocenters. The van der Waals surface area contributed by atoms with Crippen LogP contribution in [-0.4, -0.2) is 43.8 Å². The minimum Gasteiger partial charge on any atom is -0.385 e. The van der Waals surface area contributed by atoms with Gasteiger partial charge in [-0.25, -0.2) is 0 Å². The molecule has 3 heteroatoms. The lowest BCUT2D eigenvalue weighted by atomic mass is 9.99. The predicted molar refractivity (Wildman–Crippen MR) is 68.6 cm³/mol. The Balaban J connectivity index is 2.22. The van der Waals surface area contributed by atoms with Gasteiger partial charge in [-0.05, 0) is 38.6 Å². The van der Waals surface area contributed by atoms with Gasteiger partial charge in [0.1, 0.15) is 0 Å². The van der Waals surface area contributed by atoms with Gasteiger partial charge in [0.2, 0.25) is 0 Å². The molecule has 1 aliphatic rings. The molecule has 16 heavy (non-hydrogen) atoms. The van der Waals surface area contributed by atoms with Crippen LogP contribution in [0, 0.1) is 0 Å². The second-order valence-corrected chi connectivity index (χ2v) is 4.95. The van der Waals surface area contributed by atoms with E-state index in [0.717, 1.165) is 32.0 Å². The van der Waals surface area contributed by atoms with Crippen molar-refractivity contribution in [2.24, 2.45) is 5.73 Å². The molecule has 0 aromatic heterocycles. The van der Waals surface area contributed by atoms with E-state index in [9.17, 15) is 0 Å². The Morgan fingerprint density at radius 2 is 2.25 bits per heavy atom. The van der Waals surface area contributed by atoms with Crippen LogP contribution in [0.15, 0.2) is 0 Å². The average Bonchev–Trinajstić information content (AvgIpc) is 2.30. The molecule has 1 fully saturated rings. The summed E-state index contributed by atoms with van der Waals surface area (Å²) in [4.78, 5) is 2.60. The molecule has 0 aromatic carbocycles. The predicted octanol–water partition coefficient (Wildman–Crippen LogP) is 2.00. The number of rotatable bonds is 7. The monoisotopic (exact) mass is 228 g/mol. The summed E-state index contributed by atoms with van der Waals surface area (Å²) in [6.07, 6.45) is 7.55. The second kappa shape index (κ2) is 8.04. The fourth-order valence-electron chi connectivity index (χ4n) is 2.65. The van der Waals surface area contributed by atoms with E-state index < -0.39 is 0 Å². The second-order valence-electron chi connectivity index (χ2n) is 4.95. The molecule has 3 nitrogen and oxygen atoms in total. The first kappa shape index (κ1) is 13.9. The van der Waals surface area contributed by atoms with E-state index in [1.807, 2.05) is 0 Å². The van der Waals surface area contributed by atoms with Gasteiger partial charge in [-0.1, -0.05) is 13.3 Å². The van der Waals surface area contributed by atoms with Crippen LogP contribution >= 0.6 is 0 Å². The lowest BCUT2D eigenvalue weighted by Crippen LogP contribution is -2.45. The molecular formula is C13H28N2O. The van der Waals surface area contributed by atoms with Crippen LogP contribution in [0.5, 0.6) is 0 Å². The third-order valence-electron chi connectivity index (χ3n) is 3.61. The van der Waals surface area contributed by atoms with Gasteiger partial charge in [-0.15, -0.1) is 0 Å². The van der Waals surface area contributed by atoms with Crippen molar-refractivity contribution < 1.29 is 4.74 Å². The Bertz CT molecular complexity index is 175. The summed E-state index contributed by atoms with van der Waals surface area (Å²) < 4.78 is 5.06. The summed E-state index contributed by atoms with van der Waals surface area (Å²) >= 11 is 0. The Kier molecular flexibility index (Phi) is 7.01. The van der Waals surface area contributed by atoms with Gasteiger partial charge in [0.25, 0.3) is 0 Å². The average molecular weight is 228 g/mol. The first-order valence-electron chi connectivity index (χ1n) is 6.76. The molecule has 0 saturated carbocycles. The van der Waals surface area contributed by atoms with Crippen LogP contribution in [-0.2, 0) is 4.74 Å². The van der Waals surface area contributed by atoms with Gasteiger partial charge in [0, 0.05) is 32.3 Å². The zero-order valence-electron chi connectivity index (χ0n) is 11.0. The van der Waals surface area contributed by atoms with Gasteiger partial charge in [0.05, 0.1) is 0 Å². The van der Waals surface area contributed by atoms with Crippen molar-refractivity contribution in [3.63, 3.8) is 0 Å². The van der Waals surface area contributed by atoms with E-state index in [-0.39, 0.29) is 0 Å². The van der Waals surface area contributed by atoms with Crippen molar-refractivity contribution in [3.05, 3.63) is 0 Å². The highest BCUT2D eigenvalue weighted by atomic mass is 16.5. The molecule has 2 N–H and O–H groups in total. The van der Waals surface area contributed by atoms with E-state index in [4.69, 9.17) is 10.5 Å². The summed E-state index contributed by atoms with van der Waals surface area (Å²) in [7, 11) is 1.75. The first-order valence-corrected chi connectivity index (χ1v) is 6.76. The van der Waals surface area contributed by atoms with E-state index in [1.165, 1.54) is 32.2 Å². The summed E-state index contributed by atoms with van der Waals surface area (Å²) in [5.74, 6) is 0. The highest BCUT2D eigenvalue weighted by Crippen LogP contribution is 2.19. The fraction of sp³-hybridized carbons (Fsp3) is 1.00. The van der Waals surface area contributed by atoms with Crippen molar-refractivity contribution in [1.82, 2.24) is 4.90 Å². The van der Waals surface area contributed by atoms with E-state index >= 15 is 0 Å². The van der Waals surface area contributed by atoms with Crippen molar-refractivity contribution >= 4 is 0 Å². The standard InChI is InChI=1S/C13H28N2O/c1-3-13-8-4-5-9-15(13)11-12(14)7-6-10-16-2/h12-13H,3-11,14H2,1-2H3. The van der Waals surface area contributed by atoms with Gasteiger partial charge < -0.3 is 10.5 Å². The molecule has 1 rings (SSSR count). The minimum atomic E-state index is 0.322. The third kappa shape index (κ3) is 4.81. The van der Waals surface area contributed by atoms with Crippen LogP contribution in [0.25, 0.3) is 0 Å². The first-order chi connectivity index (χ1) is 7.77. The molecule has 2 unspecified atom stereocenters. The zero-order valence-corrected chi connectivity index (χ0v) is 11.0. The maximum atomic E-state index is 6.17. The Labute approximate surface area is 100 Å². The number of nitrogens with zero attached hydrogens (tertiary/aromatic N) is 1. The van der Waals surface area contributed by atoms with E-state index in [2.05, 4.69) is 11.8 Å². The summed E-state index contributed by atoms with van der Waals surface area (Å²) in [6.45, 7) is 5.45.